The van der Waals surface area contributed by atoms with Gasteiger partial charge in [0.05, 0.1) is 23.3 Å². The van der Waals surface area contributed by atoms with Crippen LogP contribution < -0.4 is 26.4 Å². The first-order valence-electron chi connectivity index (χ1n) is 21.3. The lowest BCUT2D eigenvalue weighted by molar-refractivity contribution is -0.138. The van der Waals surface area contributed by atoms with Crippen LogP contribution in [0.4, 0.5) is 16.0 Å². The maximum Gasteiger partial charge on any atom is 0.255 e. The van der Waals surface area contributed by atoms with E-state index in [0.29, 0.717) is 41.2 Å². The van der Waals surface area contributed by atoms with Crippen LogP contribution in [0.1, 0.15) is 82.2 Å². The van der Waals surface area contributed by atoms with Gasteiger partial charge in [-0.1, -0.05) is 37.5 Å². The number of benzene rings is 2. The average molecular weight is 815 g/mol. The summed E-state index contributed by atoms with van der Waals surface area (Å²) in [5, 5.41) is 15.0. The highest BCUT2D eigenvalue weighted by atomic mass is 19.1. The summed E-state index contributed by atoms with van der Waals surface area (Å²) in [6, 6.07) is 17.0. The summed E-state index contributed by atoms with van der Waals surface area (Å²) < 4.78 is 16.9. The molecular formula is C45H51FN10O4. The number of pyridine rings is 1. The van der Waals surface area contributed by atoms with Gasteiger partial charge in [0.15, 0.2) is 5.82 Å². The number of anilines is 2. The van der Waals surface area contributed by atoms with Gasteiger partial charge in [0, 0.05) is 80.1 Å². The van der Waals surface area contributed by atoms with Crippen molar-refractivity contribution in [2.75, 3.05) is 36.4 Å². The number of H-pyrrole nitrogens is 1. The number of carbonyl (C=O) groups is 3. The van der Waals surface area contributed by atoms with Crippen molar-refractivity contribution in [2.45, 2.75) is 94.2 Å². The Morgan fingerprint density at radius 3 is 2.42 bits per heavy atom. The predicted molar refractivity (Wildman–Crippen MR) is 227 cm³/mol. The predicted octanol–water partition coefficient (Wildman–Crippen LogP) is 5.41. The second-order valence-electron chi connectivity index (χ2n) is 16.8. The van der Waals surface area contributed by atoms with Crippen LogP contribution in [-0.2, 0) is 21.4 Å². The number of halogens is 1. The van der Waals surface area contributed by atoms with E-state index in [2.05, 4.69) is 52.8 Å². The van der Waals surface area contributed by atoms with E-state index in [1.54, 1.807) is 36.5 Å². The molecule has 0 spiro atoms. The number of fused-ring (bicyclic) bond motifs is 1. The molecular weight excluding hydrogens is 764 g/mol. The largest absolute Gasteiger partial charge is 0.369 e. The minimum atomic E-state index is -0.544. The third-order valence-electron chi connectivity index (χ3n) is 13.2. The van der Waals surface area contributed by atoms with E-state index in [4.69, 9.17) is 5.10 Å². The van der Waals surface area contributed by atoms with Gasteiger partial charge in [-0.2, -0.15) is 5.10 Å². The Kier molecular flexibility index (Phi) is 10.9. The fourth-order valence-electron chi connectivity index (χ4n) is 9.90. The Bertz CT molecular complexity index is 2480. The molecule has 5 heterocycles. The van der Waals surface area contributed by atoms with Crippen LogP contribution in [0, 0.1) is 5.82 Å². The maximum absolute atomic E-state index is 15.1. The Morgan fingerprint density at radius 1 is 0.883 bits per heavy atom. The van der Waals surface area contributed by atoms with Crippen molar-refractivity contribution in [2.24, 2.45) is 7.05 Å². The van der Waals surface area contributed by atoms with Crippen LogP contribution in [0.2, 0.25) is 0 Å². The Labute approximate surface area is 347 Å². The molecule has 2 aliphatic heterocycles. The molecule has 2 aliphatic carbocycles. The fraction of sp³-hybridized carbons (Fsp3) is 0.444. The van der Waals surface area contributed by atoms with E-state index in [-0.39, 0.29) is 41.1 Å². The molecule has 4 fully saturated rings. The number of aromatic nitrogens is 5. The molecule has 4 N–H and O–H groups in total. The second-order valence-corrected chi connectivity index (χ2v) is 16.8. The Morgan fingerprint density at radius 2 is 1.65 bits per heavy atom. The first kappa shape index (κ1) is 39.5. The van der Waals surface area contributed by atoms with Crippen LogP contribution in [0.15, 0.2) is 71.8 Å². The van der Waals surface area contributed by atoms with E-state index < -0.39 is 17.3 Å². The standard InChI is InChI=1S/C45H51FN10O4/c1-54-37-26-32(14-15-34(37)40(53-54)35-16-17-38(57)51-42(35)59)55-21-23-56(24-22-55)45(18-3-2-4-19-45)43(60)49-30-10-12-31(13-11-30)50-44-48-27-36(46)39(52-44)29-8-5-7-28(25-29)33-9-6-20-47-41(33)58/h5-9,14-15,20,25-27,30-31,35H,2-4,10-13,16-19,21-24H2,1H3,(H,47,58)(H,49,60)(H,48,50,52)(H,51,57,59). The number of aromatic amines is 1. The first-order valence-corrected chi connectivity index (χ1v) is 21.3. The van der Waals surface area contributed by atoms with Crippen molar-refractivity contribution in [3.63, 3.8) is 0 Å². The van der Waals surface area contributed by atoms with E-state index in [1.807, 2.05) is 23.9 Å². The molecule has 9 rings (SSSR count). The van der Waals surface area contributed by atoms with Crippen LogP contribution in [-0.4, -0.2) is 91.2 Å². The van der Waals surface area contributed by atoms with Crippen molar-refractivity contribution in [1.29, 1.82) is 0 Å². The molecule has 3 aromatic heterocycles. The maximum atomic E-state index is 15.1. The highest BCUT2D eigenvalue weighted by Gasteiger charge is 2.46. The number of hydrogen-bond donors (Lipinski definition) is 4. The summed E-state index contributed by atoms with van der Waals surface area (Å²) in [5.41, 5.74) is 3.88. The number of carbonyl (C=O) groups excluding carboxylic acids is 3. The Hall–Kier alpha value is -5.96. The molecule has 60 heavy (non-hydrogen) atoms. The lowest BCUT2D eigenvalue weighted by Gasteiger charge is -2.49. The van der Waals surface area contributed by atoms with Gasteiger partial charge in [-0.25, -0.2) is 14.4 Å². The highest BCUT2D eigenvalue weighted by Crippen LogP contribution is 2.37. The third kappa shape index (κ3) is 7.78. The third-order valence-corrected chi connectivity index (χ3v) is 13.2. The molecule has 2 saturated carbocycles. The van der Waals surface area contributed by atoms with Gasteiger partial charge in [0.1, 0.15) is 11.2 Å². The zero-order valence-corrected chi connectivity index (χ0v) is 33.9. The number of imide groups is 1. The molecule has 0 bridgehead atoms. The molecule has 1 unspecified atom stereocenters. The van der Waals surface area contributed by atoms with Crippen LogP contribution in [0.25, 0.3) is 33.3 Å². The number of nitrogens with one attached hydrogen (secondary N) is 4. The number of hydrogen-bond acceptors (Lipinski definition) is 10. The molecule has 2 saturated heterocycles. The van der Waals surface area contributed by atoms with Crippen molar-refractivity contribution in [3.05, 3.63) is 88.9 Å². The van der Waals surface area contributed by atoms with Crippen LogP contribution in [0.5, 0.6) is 0 Å². The van der Waals surface area contributed by atoms with E-state index in [9.17, 15) is 19.2 Å². The normalized spacial score (nSPS) is 22.4. The first-order chi connectivity index (χ1) is 29.1. The Balaban J connectivity index is 0.813. The van der Waals surface area contributed by atoms with Gasteiger partial charge in [0.2, 0.25) is 23.7 Å². The summed E-state index contributed by atoms with van der Waals surface area (Å²) >= 11 is 0. The summed E-state index contributed by atoms with van der Waals surface area (Å²) in [6.07, 6.45) is 11.7. The molecule has 14 nitrogen and oxygen atoms in total. The van der Waals surface area contributed by atoms with Gasteiger partial charge in [-0.05, 0) is 86.9 Å². The van der Waals surface area contributed by atoms with Gasteiger partial charge < -0.3 is 20.5 Å². The van der Waals surface area contributed by atoms with Gasteiger partial charge in [-0.3, -0.25) is 34.1 Å². The number of piperidine rings is 1. The average Bonchev–Trinajstić information content (AvgIpc) is 3.60. The molecule has 5 aromatic rings. The molecule has 0 radical (unpaired) electrons. The number of nitrogens with zero attached hydrogens (tertiary/aromatic N) is 6. The minimum Gasteiger partial charge on any atom is -0.369 e. The smallest absolute Gasteiger partial charge is 0.255 e. The molecule has 4 aliphatic rings. The van der Waals surface area contributed by atoms with Gasteiger partial charge in [-0.15, -0.1) is 0 Å². The molecule has 3 amide bonds. The number of amides is 3. The summed E-state index contributed by atoms with van der Waals surface area (Å²) in [4.78, 5) is 67.5. The molecule has 15 heteroatoms. The van der Waals surface area contributed by atoms with E-state index in [0.717, 1.165) is 101 Å². The zero-order chi connectivity index (χ0) is 41.4. The van der Waals surface area contributed by atoms with E-state index in [1.165, 1.54) is 6.20 Å². The van der Waals surface area contributed by atoms with Crippen LogP contribution in [0.3, 0.4) is 0 Å². The summed E-state index contributed by atoms with van der Waals surface area (Å²) in [7, 11) is 1.89. The summed E-state index contributed by atoms with van der Waals surface area (Å²) in [5.74, 6) is -1.01. The van der Waals surface area contributed by atoms with Crippen molar-refractivity contribution in [3.8, 4) is 22.4 Å². The topological polar surface area (TPSA) is 170 Å². The number of rotatable bonds is 9. The van der Waals surface area contributed by atoms with Crippen molar-refractivity contribution in [1.82, 2.24) is 40.3 Å². The van der Waals surface area contributed by atoms with Crippen molar-refractivity contribution < 1.29 is 18.8 Å². The minimum absolute atomic E-state index is 0.0694. The molecule has 1 atom stereocenters. The SMILES string of the molecule is Cn1nc(C2CCC(=O)NC2=O)c2ccc(N3CCN(C4(C(=O)NC5CCC(Nc6ncc(F)c(-c7cccc(-c8ccc[nH]c8=O)c7)n6)CC5)CCCCC4)CC3)cc21. The fourth-order valence-corrected chi connectivity index (χ4v) is 9.90. The lowest BCUT2D eigenvalue weighted by atomic mass is 9.78. The van der Waals surface area contributed by atoms with Crippen molar-refractivity contribution >= 4 is 40.3 Å². The van der Waals surface area contributed by atoms with Crippen LogP contribution >= 0.6 is 0 Å². The van der Waals surface area contributed by atoms with Gasteiger partial charge >= 0.3 is 0 Å². The summed E-state index contributed by atoms with van der Waals surface area (Å²) in [6.45, 7) is 3.15. The van der Waals surface area contributed by atoms with Gasteiger partial charge in [0.25, 0.3) is 5.56 Å². The second kappa shape index (κ2) is 16.6. The van der Waals surface area contributed by atoms with E-state index >= 15 is 4.39 Å². The highest BCUT2D eigenvalue weighted by molar-refractivity contribution is 6.02. The number of piperazine rings is 1. The lowest BCUT2D eigenvalue weighted by Crippen LogP contribution is -2.65. The zero-order valence-electron chi connectivity index (χ0n) is 33.9. The monoisotopic (exact) mass is 814 g/mol. The molecule has 312 valence electrons. The quantitative estimate of drug-likeness (QED) is 0.141. The molecule has 2 aromatic carbocycles. The number of aryl methyl sites for hydroxylation is 1.